The molecule has 0 aliphatic carbocycles. The molecule has 120 valence electrons. The molecule has 5 heteroatoms. The molecule has 0 saturated carbocycles. The van der Waals surface area contributed by atoms with E-state index in [0.717, 1.165) is 30.8 Å². The molecule has 23 heavy (non-hydrogen) atoms. The van der Waals surface area contributed by atoms with Crippen molar-refractivity contribution < 1.29 is 4.79 Å². The summed E-state index contributed by atoms with van der Waals surface area (Å²) < 4.78 is 2.55. The number of amides is 1. The van der Waals surface area contributed by atoms with Crippen LogP contribution in [0, 0.1) is 18.5 Å². The first-order valence-electron chi connectivity index (χ1n) is 7.77. The maximum Gasteiger partial charge on any atom is 0.251 e. The Balaban J connectivity index is 1.91. The fourth-order valence-electron chi connectivity index (χ4n) is 3.28. The number of nitrogens with two attached hydrogens (primary N) is 1. The van der Waals surface area contributed by atoms with Gasteiger partial charge in [-0.15, -0.1) is 0 Å². The predicted molar refractivity (Wildman–Crippen MR) is 93.8 cm³/mol. The van der Waals surface area contributed by atoms with E-state index in [4.69, 9.17) is 18.0 Å². The number of benzene rings is 1. The summed E-state index contributed by atoms with van der Waals surface area (Å²) in [6.45, 7) is 6.46. The monoisotopic (exact) mass is 327 g/mol. The van der Waals surface area contributed by atoms with Gasteiger partial charge >= 0.3 is 0 Å². The van der Waals surface area contributed by atoms with Gasteiger partial charge in [0.15, 0.2) is 0 Å². The summed E-state index contributed by atoms with van der Waals surface area (Å²) in [5.41, 5.74) is 10.6. The summed E-state index contributed by atoms with van der Waals surface area (Å²) in [5.74, 6) is -0.453. The second kappa shape index (κ2) is 6.26. The number of pyridine rings is 1. The molecule has 3 rings (SSSR count). The largest absolute Gasteiger partial charge is 0.365 e. The average molecular weight is 327 g/mol. The van der Waals surface area contributed by atoms with Crippen molar-refractivity contribution in [1.29, 1.82) is 0 Å². The quantitative estimate of drug-likeness (QED) is 0.882. The molecule has 2 N–H and O–H groups in total. The number of primary amides is 1. The van der Waals surface area contributed by atoms with Crippen molar-refractivity contribution >= 4 is 18.1 Å². The second-order valence-corrected chi connectivity index (χ2v) is 6.54. The molecule has 1 aromatic heterocycles. The van der Waals surface area contributed by atoms with E-state index in [0.29, 0.717) is 16.9 Å². The maximum atomic E-state index is 11.7. The summed E-state index contributed by atoms with van der Waals surface area (Å²) >= 11 is 5.53. The lowest BCUT2D eigenvalue weighted by Crippen LogP contribution is -2.33. The number of fused-ring (bicyclic) bond motifs is 1. The van der Waals surface area contributed by atoms with Crippen LogP contribution in [0.1, 0.15) is 32.7 Å². The van der Waals surface area contributed by atoms with E-state index in [2.05, 4.69) is 29.2 Å². The number of carbonyl (C=O) groups is 1. The van der Waals surface area contributed by atoms with Gasteiger partial charge in [0.25, 0.3) is 5.91 Å². The van der Waals surface area contributed by atoms with E-state index in [1.807, 2.05) is 24.5 Å². The Morgan fingerprint density at radius 1 is 1.26 bits per heavy atom. The van der Waals surface area contributed by atoms with Crippen LogP contribution >= 0.6 is 12.2 Å². The highest BCUT2D eigenvalue weighted by Gasteiger charge is 2.18. The van der Waals surface area contributed by atoms with Crippen LogP contribution in [0.25, 0.3) is 0 Å². The average Bonchev–Trinajstić information content (AvgIpc) is 2.50. The Kier molecular flexibility index (Phi) is 4.33. The first-order valence-corrected chi connectivity index (χ1v) is 8.18. The van der Waals surface area contributed by atoms with Crippen LogP contribution in [0.5, 0.6) is 0 Å². The topological polar surface area (TPSA) is 51.3 Å². The Morgan fingerprint density at radius 2 is 1.96 bits per heavy atom. The molecule has 0 bridgehead atoms. The summed E-state index contributed by atoms with van der Waals surface area (Å²) in [6, 6.07) is 10.5. The number of aromatic nitrogens is 1. The van der Waals surface area contributed by atoms with Crippen molar-refractivity contribution in [3.8, 4) is 0 Å². The van der Waals surface area contributed by atoms with Crippen LogP contribution in [-0.4, -0.2) is 21.9 Å². The third-order valence-electron chi connectivity index (χ3n) is 4.50. The lowest BCUT2D eigenvalue weighted by atomic mass is 10.0. The van der Waals surface area contributed by atoms with Crippen molar-refractivity contribution in [2.24, 2.45) is 5.73 Å². The molecule has 4 nitrogen and oxygen atoms in total. The van der Waals surface area contributed by atoms with Crippen LogP contribution in [0.4, 0.5) is 0 Å². The summed E-state index contributed by atoms with van der Waals surface area (Å²) in [7, 11) is 0. The Morgan fingerprint density at radius 3 is 2.65 bits per heavy atom. The van der Waals surface area contributed by atoms with Gasteiger partial charge in [0.2, 0.25) is 0 Å². The standard InChI is InChI=1S/C18H21N3OS/c1-12-9-13(2)21(18(23)16(12)17(19)22)11-20-8-7-14-5-3-4-6-15(14)10-20/h3-6,9H,7-8,10-11H2,1-2H3,(H2,19,22). The van der Waals surface area contributed by atoms with Crippen LogP contribution < -0.4 is 5.73 Å². The fourth-order valence-corrected chi connectivity index (χ4v) is 3.74. The molecule has 0 saturated heterocycles. The van der Waals surface area contributed by atoms with Crippen molar-refractivity contribution in [2.75, 3.05) is 6.54 Å². The van der Waals surface area contributed by atoms with Crippen LogP contribution in [0.3, 0.4) is 0 Å². The zero-order chi connectivity index (χ0) is 16.6. The number of hydrogen-bond acceptors (Lipinski definition) is 3. The minimum absolute atomic E-state index is 0.453. The molecular weight excluding hydrogens is 306 g/mol. The van der Waals surface area contributed by atoms with Gasteiger partial charge in [-0.2, -0.15) is 0 Å². The van der Waals surface area contributed by atoms with Gasteiger partial charge < -0.3 is 10.3 Å². The Labute approximate surface area is 141 Å². The van der Waals surface area contributed by atoms with E-state index in [9.17, 15) is 4.79 Å². The molecule has 0 spiro atoms. The zero-order valence-corrected chi connectivity index (χ0v) is 14.3. The Bertz CT molecular complexity index is 826. The zero-order valence-electron chi connectivity index (χ0n) is 13.5. The first kappa shape index (κ1) is 15.9. The van der Waals surface area contributed by atoms with Crippen LogP contribution in [0.15, 0.2) is 30.3 Å². The van der Waals surface area contributed by atoms with Crippen molar-refractivity contribution in [3.05, 3.63) is 62.9 Å². The highest BCUT2D eigenvalue weighted by molar-refractivity contribution is 7.71. The normalized spacial score (nSPS) is 14.5. The summed E-state index contributed by atoms with van der Waals surface area (Å²) in [6.07, 6.45) is 1.04. The minimum Gasteiger partial charge on any atom is -0.365 e. The van der Waals surface area contributed by atoms with E-state index in [1.165, 1.54) is 11.1 Å². The van der Waals surface area contributed by atoms with Gasteiger partial charge in [0, 0.05) is 18.8 Å². The number of carbonyl (C=O) groups excluding carboxylic acids is 1. The molecule has 2 aromatic rings. The van der Waals surface area contributed by atoms with Crippen LogP contribution in [0.2, 0.25) is 0 Å². The third-order valence-corrected chi connectivity index (χ3v) is 4.93. The van der Waals surface area contributed by atoms with E-state index < -0.39 is 5.91 Å². The summed E-state index contributed by atoms with van der Waals surface area (Å²) in [5, 5.41) is 0. The summed E-state index contributed by atoms with van der Waals surface area (Å²) in [4.78, 5) is 14.0. The maximum absolute atomic E-state index is 11.7. The molecule has 0 unspecified atom stereocenters. The predicted octanol–water partition coefficient (Wildman–Crippen LogP) is 2.95. The molecule has 1 aliphatic rings. The highest BCUT2D eigenvalue weighted by Crippen LogP contribution is 2.20. The van der Waals surface area contributed by atoms with Gasteiger partial charge in [0.05, 0.1) is 12.2 Å². The number of rotatable bonds is 3. The van der Waals surface area contributed by atoms with E-state index in [-0.39, 0.29) is 0 Å². The molecule has 2 heterocycles. The van der Waals surface area contributed by atoms with Crippen molar-refractivity contribution in [1.82, 2.24) is 9.47 Å². The SMILES string of the molecule is Cc1cc(C)n(CN2CCc3ccccc3C2)c(=S)c1C(N)=O. The van der Waals surface area contributed by atoms with Crippen LogP contribution in [-0.2, 0) is 19.6 Å². The van der Waals surface area contributed by atoms with Crippen molar-refractivity contribution in [2.45, 2.75) is 33.5 Å². The smallest absolute Gasteiger partial charge is 0.251 e. The second-order valence-electron chi connectivity index (χ2n) is 6.15. The lowest BCUT2D eigenvalue weighted by Gasteiger charge is -2.30. The number of aryl methyl sites for hydroxylation is 2. The molecule has 0 radical (unpaired) electrons. The molecular formula is C18H21N3OS. The molecule has 0 atom stereocenters. The first-order chi connectivity index (χ1) is 11.0. The number of hydrogen-bond donors (Lipinski definition) is 1. The highest BCUT2D eigenvalue weighted by atomic mass is 32.1. The molecule has 1 aliphatic heterocycles. The molecule has 0 fully saturated rings. The lowest BCUT2D eigenvalue weighted by molar-refractivity contribution is 0.0997. The molecule has 1 aromatic carbocycles. The van der Waals surface area contributed by atoms with Crippen molar-refractivity contribution in [3.63, 3.8) is 0 Å². The minimum atomic E-state index is -0.453. The fraction of sp³-hybridized carbons (Fsp3) is 0.333. The Hall–Kier alpha value is -1.98. The van der Waals surface area contributed by atoms with E-state index in [1.54, 1.807) is 0 Å². The third kappa shape index (κ3) is 3.07. The molecule has 1 amide bonds. The number of nitrogens with zero attached hydrogens (tertiary/aromatic N) is 2. The van der Waals surface area contributed by atoms with Gasteiger partial charge in [0.1, 0.15) is 4.64 Å². The van der Waals surface area contributed by atoms with Gasteiger partial charge in [-0.3, -0.25) is 9.69 Å². The van der Waals surface area contributed by atoms with E-state index >= 15 is 0 Å². The van der Waals surface area contributed by atoms with Gasteiger partial charge in [-0.25, -0.2) is 0 Å². The van der Waals surface area contributed by atoms with Gasteiger partial charge in [-0.05, 0) is 43.0 Å². The van der Waals surface area contributed by atoms with Gasteiger partial charge in [-0.1, -0.05) is 36.5 Å².